The van der Waals surface area contributed by atoms with Crippen LogP contribution in [0.4, 0.5) is 0 Å². The molecule has 2 rings (SSSR count). The molecular weight excluding hydrogens is 532 g/mol. The van der Waals surface area contributed by atoms with E-state index in [0.717, 1.165) is 57.8 Å². The van der Waals surface area contributed by atoms with Gasteiger partial charge in [0, 0.05) is 12.0 Å². The van der Waals surface area contributed by atoms with Gasteiger partial charge in [0.1, 0.15) is 6.10 Å². The molecule has 7 nitrogen and oxygen atoms in total. The van der Waals surface area contributed by atoms with Crippen molar-refractivity contribution in [2.45, 2.75) is 191 Å². The van der Waals surface area contributed by atoms with Gasteiger partial charge in [-0.25, -0.2) is 4.79 Å². The number of esters is 1. The lowest BCUT2D eigenvalue weighted by molar-refractivity contribution is -0.139. The minimum absolute atomic E-state index is 0.0552. The Bertz CT molecular complexity index is 766. The molecule has 42 heavy (non-hydrogen) atoms. The van der Waals surface area contributed by atoms with Gasteiger partial charge in [-0.1, -0.05) is 96.1 Å². The highest BCUT2D eigenvalue weighted by Crippen LogP contribution is 2.28. The van der Waals surface area contributed by atoms with Gasteiger partial charge in [-0.05, 0) is 64.4 Å². The average Bonchev–Trinajstić information content (AvgIpc) is 3.57. The standard InChI is InChI=1S/C35H62O7/c1-3-4-20-31(37)32(38)21-16-13-17-22-33(39)34-24-23-30(42-34)19-15-12-10-8-6-5-7-9-11-14-18-29(36)26-28-25-27(2)41-35(28)40/h13,16,25,27,29-34,36-39H,3-12,14-15,17-24,26H2,1-2H3/b16-13-/t27-,29+,30+,31-,32+,33-,34+/m0/s1. The van der Waals surface area contributed by atoms with Crippen LogP contribution in [0.3, 0.4) is 0 Å². The van der Waals surface area contributed by atoms with Gasteiger partial charge in [0.15, 0.2) is 0 Å². The van der Waals surface area contributed by atoms with E-state index in [1.807, 2.05) is 25.2 Å². The first kappa shape index (κ1) is 36.9. The quantitative estimate of drug-likeness (QED) is 0.0520. The van der Waals surface area contributed by atoms with Gasteiger partial charge in [-0.2, -0.15) is 0 Å². The summed E-state index contributed by atoms with van der Waals surface area (Å²) in [5.41, 5.74) is 0.624. The minimum atomic E-state index is -0.709. The first-order valence-corrected chi connectivity index (χ1v) is 17.2. The summed E-state index contributed by atoms with van der Waals surface area (Å²) in [6.45, 7) is 3.91. The fraction of sp³-hybridized carbons (Fsp3) is 0.857. The number of carbonyl (C=O) groups is 1. The molecule has 1 saturated heterocycles. The van der Waals surface area contributed by atoms with Gasteiger partial charge >= 0.3 is 5.97 Å². The SMILES string of the molecule is CCCC[C@H](O)[C@H](O)C/C=C\CC[C@H](O)[C@H]1CC[C@@H](CCCCCCCCCCCC[C@@H](O)CC2=C[C@H](C)OC2=O)O1. The zero-order valence-electron chi connectivity index (χ0n) is 26.6. The van der Waals surface area contributed by atoms with Gasteiger partial charge in [0.05, 0.1) is 36.6 Å². The smallest absolute Gasteiger partial charge is 0.334 e. The molecule has 0 saturated carbocycles. The van der Waals surface area contributed by atoms with E-state index in [4.69, 9.17) is 9.47 Å². The number of rotatable bonds is 25. The summed E-state index contributed by atoms with van der Waals surface area (Å²) < 4.78 is 11.2. The molecule has 2 aliphatic heterocycles. The van der Waals surface area contributed by atoms with Gasteiger partial charge in [-0.15, -0.1) is 0 Å². The summed E-state index contributed by atoms with van der Waals surface area (Å²) in [4.78, 5) is 11.6. The number of unbranched alkanes of at least 4 members (excludes halogenated alkanes) is 10. The van der Waals surface area contributed by atoms with Crippen LogP contribution >= 0.6 is 0 Å². The van der Waals surface area contributed by atoms with Crippen LogP contribution in [0.5, 0.6) is 0 Å². The summed E-state index contributed by atoms with van der Waals surface area (Å²) in [5.74, 6) is -0.275. The van der Waals surface area contributed by atoms with Crippen molar-refractivity contribution in [3.05, 3.63) is 23.8 Å². The van der Waals surface area contributed by atoms with Gasteiger partial charge < -0.3 is 29.9 Å². The molecule has 0 aliphatic carbocycles. The second kappa shape index (κ2) is 22.3. The number of ether oxygens (including phenoxy) is 2. The Hall–Kier alpha value is -1.25. The number of hydrogen-bond donors (Lipinski definition) is 4. The third kappa shape index (κ3) is 16.0. The van der Waals surface area contributed by atoms with Crippen LogP contribution in [-0.2, 0) is 14.3 Å². The Morgan fingerprint density at radius 2 is 1.50 bits per heavy atom. The maximum Gasteiger partial charge on any atom is 0.334 e. The zero-order chi connectivity index (χ0) is 30.6. The van der Waals surface area contributed by atoms with E-state index in [-0.39, 0.29) is 24.3 Å². The summed E-state index contributed by atoms with van der Waals surface area (Å²) in [6, 6.07) is 0. The van der Waals surface area contributed by atoms with Crippen LogP contribution in [0, 0.1) is 0 Å². The summed E-state index contributed by atoms with van der Waals surface area (Å²) in [7, 11) is 0. The molecule has 0 amide bonds. The molecule has 2 heterocycles. The number of aliphatic hydroxyl groups excluding tert-OH is 4. The number of allylic oxidation sites excluding steroid dienone is 1. The maximum atomic E-state index is 11.6. The van der Waals surface area contributed by atoms with Crippen LogP contribution in [-0.4, -0.2) is 69.1 Å². The monoisotopic (exact) mass is 594 g/mol. The van der Waals surface area contributed by atoms with Crippen molar-refractivity contribution in [1.29, 1.82) is 0 Å². The molecule has 7 heteroatoms. The lowest BCUT2D eigenvalue weighted by atomic mass is 10.0. The lowest BCUT2D eigenvalue weighted by Gasteiger charge is -2.19. The Labute approximate surface area is 255 Å². The normalized spacial score (nSPS) is 23.7. The molecule has 0 aromatic rings. The highest BCUT2D eigenvalue weighted by Gasteiger charge is 2.30. The third-order valence-electron chi connectivity index (χ3n) is 8.80. The first-order valence-electron chi connectivity index (χ1n) is 17.2. The van der Waals surface area contributed by atoms with Crippen molar-refractivity contribution in [3.8, 4) is 0 Å². The molecule has 7 atom stereocenters. The zero-order valence-corrected chi connectivity index (χ0v) is 26.6. The molecule has 0 unspecified atom stereocenters. The van der Waals surface area contributed by atoms with Crippen molar-refractivity contribution in [3.63, 3.8) is 0 Å². The van der Waals surface area contributed by atoms with Crippen LogP contribution in [0.2, 0.25) is 0 Å². The van der Waals surface area contributed by atoms with Crippen LogP contribution in [0.25, 0.3) is 0 Å². The molecule has 4 N–H and O–H groups in total. The third-order valence-corrected chi connectivity index (χ3v) is 8.80. The topological polar surface area (TPSA) is 116 Å². The van der Waals surface area contributed by atoms with Crippen LogP contribution < -0.4 is 0 Å². The van der Waals surface area contributed by atoms with E-state index < -0.39 is 24.4 Å². The Morgan fingerprint density at radius 1 is 0.833 bits per heavy atom. The number of aliphatic hydroxyl groups is 4. The van der Waals surface area contributed by atoms with Crippen molar-refractivity contribution >= 4 is 5.97 Å². The number of carbonyl (C=O) groups excluding carboxylic acids is 1. The minimum Gasteiger partial charge on any atom is -0.455 e. The highest BCUT2D eigenvalue weighted by molar-refractivity contribution is 5.90. The van der Waals surface area contributed by atoms with Crippen LogP contribution in [0.1, 0.15) is 149 Å². The highest BCUT2D eigenvalue weighted by atomic mass is 16.5. The molecule has 0 aromatic carbocycles. The molecule has 0 bridgehead atoms. The molecule has 0 spiro atoms. The van der Waals surface area contributed by atoms with E-state index in [2.05, 4.69) is 6.92 Å². The average molecular weight is 595 g/mol. The maximum absolute atomic E-state index is 11.6. The van der Waals surface area contributed by atoms with E-state index in [1.165, 1.54) is 51.4 Å². The summed E-state index contributed by atoms with van der Waals surface area (Å²) >= 11 is 0. The largest absolute Gasteiger partial charge is 0.455 e. The first-order chi connectivity index (χ1) is 20.3. The molecule has 244 valence electrons. The van der Waals surface area contributed by atoms with E-state index in [9.17, 15) is 25.2 Å². The van der Waals surface area contributed by atoms with Gasteiger partial charge in [0.2, 0.25) is 0 Å². The fourth-order valence-corrected chi connectivity index (χ4v) is 6.10. The fourth-order valence-electron chi connectivity index (χ4n) is 6.10. The second-order valence-electron chi connectivity index (χ2n) is 12.8. The van der Waals surface area contributed by atoms with Crippen molar-refractivity contribution in [2.24, 2.45) is 0 Å². The lowest BCUT2D eigenvalue weighted by Crippen LogP contribution is -2.26. The van der Waals surface area contributed by atoms with Gasteiger partial charge in [-0.3, -0.25) is 0 Å². The van der Waals surface area contributed by atoms with Crippen molar-refractivity contribution < 1.29 is 34.7 Å². The Balaban J connectivity index is 1.36. The predicted molar refractivity (Wildman–Crippen MR) is 168 cm³/mol. The van der Waals surface area contributed by atoms with E-state index in [0.29, 0.717) is 31.3 Å². The molecule has 1 fully saturated rings. The molecular formula is C35H62O7. The van der Waals surface area contributed by atoms with E-state index in [1.54, 1.807) is 0 Å². The summed E-state index contributed by atoms with van der Waals surface area (Å²) in [6.07, 6.45) is 24.4. The number of cyclic esters (lactones) is 1. The Morgan fingerprint density at radius 3 is 2.14 bits per heavy atom. The molecule has 2 aliphatic rings. The van der Waals surface area contributed by atoms with Crippen molar-refractivity contribution in [2.75, 3.05) is 0 Å². The van der Waals surface area contributed by atoms with Crippen LogP contribution in [0.15, 0.2) is 23.8 Å². The molecule has 0 radical (unpaired) electrons. The molecule has 0 aromatic heterocycles. The van der Waals surface area contributed by atoms with Gasteiger partial charge in [0.25, 0.3) is 0 Å². The van der Waals surface area contributed by atoms with E-state index >= 15 is 0 Å². The predicted octanol–water partition coefficient (Wildman–Crippen LogP) is 6.84. The van der Waals surface area contributed by atoms with Crippen molar-refractivity contribution in [1.82, 2.24) is 0 Å². The Kier molecular flexibility index (Phi) is 19.6. The second-order valence-corrected chi connectivity index (χ2v) is 12.8. The summed E-state index contributed by atoms with van der Waals surface area (Å²) in [5, 5.41) is 40.6. The number of hydrogen-bond acceptors (Lipinski definition) is 7.